The van der Waals surface area contributed by atoms with Crippen LogP contribution in [0.2, 0.25) is 0 Å². The maximum absolute atomic E-state index is 12.5. The molecule has 2 N–H and O–H groups in total. The van der Waals surface area contributed by atoms with Gasteiger partial charge in [-0.2, -0.15) is 0 Å². The summed E-state index contributed by atoms with van der Waals surface area (Å²) in [4.78, 5) is 33.3. The molecule has 0 spiro atoms. The third kappa shape index (κ3) is 7.06. The molecule has 0 saturated carbocycles. The second kappa shape index (κ2) is 12.8. The van der Waals surface area contributed by atoms with Crippen molar-refractivity contribution in [3.05, 3.63) is 35.4 Å². The predicted molar refractivity (Wildman–Crippen MR) is 132 cm³/mol. The number of amides is 2. The molecule has 2 saturated heterocycles. The average molecular weight is 543 g/mol. The van der Waals surface area contributed by atoms with Crippen LogP contribution < -0.4 is 10.6 Å². The summed E-state index contributed by atoms with van der Waals surface area (Å²) < 4.78 is 5.54. The summed E-state index contributed by atoms with van der Waals surface area (Å²) in [5.74, 6) is 0.923. The van der Waals surface area contributed by atoms with Crippen molar-refractivity contribution in [2.24, 2.45) is 4.99 Å². The topological polar surface area (TPSA) is 86.3 Å². The molecule has 0 bridgehead atoms. The summed E-state index contributed by atoms with van der Waals surface area (Å²) in [5, 5.41) is 6.15. The monoisotopic (exact) mass is 543 g/mol. The summed E-state index contributed by atoms with van der Waals surface area (Å²) >= 11 is 0. The van der Waals surface area contributed by atoms with Crippen LogP contribution >= 0.6 is 24.0 Å². The molecule has 2 amide bonds. The second-order valence-corrected chi connectivity index (χ2v) is 7.54. The van der Waals surface area contributed by atoms with Crippen molar-refractivity contribution in [3.8, 4) is 0 Å². The maximum Gasteiger partial charge on any atom is 0.251 e. The number of carbonyl (C=O) groups is 2. The molecule has 1 aromatic rings. The van der Waals surface area contributed by atoms with Crippen LogP contribution in [0.5, 0.6) is 0 Å². The number of guanidine groups is 1. The van der Waals surface area contributed by atoms with Gasteiger partial charge in [-0.1, -0.05) is 12.1 Å². The van der Waals surface area contributed by atoms with E-state index in [9.17, 15) is 9.59 Å². The van der Waals surface area contributed by atoms with E-state index in [0.29, 0.717) is 38.3 Å². The minimum Gasteiger partial charge on any atom is -0.368 e. The van der Waals surface area contributed by atoms with Crippen LogP contribution in [-0.4, -0.2) is 79.6 Å². The normalized spacial score (nSPS) is 19.0. The van der Waals surface area contributed by atoms with Gasteiger partial charge in [-0.05, 0) is 44.4 Å². The highest BCUT2D eigenvalue weighted by Crippen LogP contribution is 2.16. The van der Waals surface area contributed by atoms with E-state index in [4.69, 9.17) is 9.73 Å². The zero-order valence-corrected chi connectivity index (χ0v) is 20.8. The Labute approximate surface area is 201 Å². The first-order chi connectivity index (χ1) is 14.6. The molecule has 1 unspecified atom stereocenters. The van der Waals surface area contributed by atoms with Crippen LogP contribution in [0.1, 0.15) is 42.6 Å². The molecule has 0 aliphatic carbocycles. The molecular weight excluding hydrogens is 509 g/mol. The quantitative estimate of drug-likeness (QED) is 0.325. The highest BCUT2D eigenvalue weighted by atomic mass is 127. The molecule has 1 atom stereocenters. The van der Waals surface area contributed by atoms with E-state index in [1.54, 1.807) is 0 Å². The zero-order chi connectivity index (χ0) is 21.3. The van der Waals surface area contributed by atoms with Crippen molar-refractivity contribution in [1.29, 1.82) is 0 Å². The zero-order valence-electron chi connectivity index (χ0n) is 18.4. The Morgan fingerprint density at radius 3 is 2.26 bits per heavy atom. The first kappa shape index (κ1) is 25.4. The lowest BCUT2D eigenvalue weighted by atomic mass is 10.1. The Bertz CT molecular complexity index is 742. The van der Waals surface area contributed by atoms with Gasteiger partial charge in [0.05, 0.1) is 6.54 Å². The van der Waals surface area contributed by atoms with Crippen molar-refractivity contribution in [1.82, 2.24) is 20.4 Å². The molecule has 2 fully saturated rings. The lowest BCUT2D eigenvalue weighted by Crippen LogP contribution is -2.55. The second-order valence-electron chi connectivity index (χ2n) is 7.54. The van der Waals surface area contributed by atoms with Crippen LogP contribution in [0.4, 0.5) is 0 Å². The number of aliphatic imine (C=N–C) groups is 1. The van der Waals surface area contributed by atoms with E-state index in [-0.39, 0.29) is 41.9 Å². The van der Waals surface area contributed by atoms with Crippen LogP contribution in [0.25, 0.3) is 0 Å². The third-order valence-electron chi connectivity index (χ3n) is 5.40. The first-order valence-corrected chi connectivity index (χ1v) is 10.9. The Kier molecular flexibility index (Phi) is 10.5. The molecule has 3 rings (SSSR count). The largest absolute Gasteiger partial charge is 0.368 e. The fourth-order valence-electron chi connectivity index (χ4n) is 3.73. The summed E-state index contributed by atoms with van der Waals surface area (Å²) in [5.41, 5.74) is 1.70. The number of carbonyl (C=O) groups excluding carboxylic acids is 2. The smallest absolute Gasteiger partial charge is 0.251 e. The van der Waals surface area contributed by atoms with Gasteiger partial charge < -0.3 is 25.2 Å². The molecular formula is C22H34IN5O3. The van der Waals surface area contributed by atoms with E-state index in [2.05, 4.69) is 15.5 Å². The molecule has 172 valence electrons. The highest BCUT2D eigenvalue weighted by molar-refractivity contribution is 14.0. The summed E-state index contributed by atoms with van der Waals surface area (Å²) in [6.45, 7) is 9.45. The van der Waals surface area contributed by atoms with E-state index >= 15 is 0 Å². The van der Waals surface area contributed by atoms with E-state index in [1.165, 1.54) is 0 Å². The number of hydrogen-bond donors (Lipinski definition) is 2. The van der Waals surface area contributed by atoms with Crippen LogP contribution in [0, 0.1) is 0 Å². The Hall–Kier alpha value is -1.88. The van der Waals surface area contributed by atoms with Crippen LogP contribution in [0.3, 0.4) is 0 Å². The van der Waals surface area contributed by atoms with Gasteiger partial charge in [0.1, 0.15) is 6.10 Å². The Morgan fingerprint density at radius 1 is 1.03 bits per heavy atom. The van der Waals surface area contributed by atoms with Gasteiger partial charge >= 0.3 is 0 Å². The standard InChI is InChI=1S/C22H33N5O3.HI/c1-3-23-20(28)18-9-7-17(8-10-18)16-25-22(24-4-2)27-13-11-26(12-14-27)21(29)19-6-5-15-30-19;/h7-10,19H,3-6,11-16H2,1-2H3,(H,23,28)(H,24,25);1H. The number of hydrogen-bond acceptors (Lipinski definition) is 4. The van der Waals surface area contributed by atoms with Crippen molar-refractivity contribution in [3.63, 3.8) is 0 Å². The highest BCUT2D eigenvalue weighted by Gasteiger charge is 2.30. The molecule has 8 nitrogen and oxygen atoms in total. The minimum absolute atomic E-state index is 0. The molecule has 2 aliphatic heterocycles. The van der Waals surface area contributed by atoms with Crippen molar-refractivity contribution in [2.75, 3.05) is 45.9 Å². The van der Waals surface area contributed by atoms with Gasteiger partial charge in [0.15, 0.2) is 5.96 Å². The number of nitrogens with zero attached hydrogens (tertiary/aromatic N) is 3. The summed E-state index contributed by atoms with van der Waals surface area (Å²) in [6.07, 6.45) is 1.56. The van der Waals surface area contributed by atoms with Gasteiger partial charge in [-0.25, -0.2) is 4.99 Å². The van der Waals surface area contributed by atoms with Crippen molar-refractivity contribution in [2.45, 2.75) is 39.3 Å². The lowest BCUT2D eigenvalue weighted by molar-refractivity contribution is -0.142. The predicted octanol–water partition coefficient (Wildman–Crippen LogP) is 1.84. The van der Waals surface area contributed by atoms with Crippen LogP contribution in [0.15, 0.2) is 29.3 Å². The van der Waals surface area contributed by atoms with Crippen molar-refractivity contribution < 1.29 is 14.3 Å². The molecule has 2 heterocycles. The fourth-order valence-corrected chi connectivity index (χ4v) is 3.73. The summed E-state index contributed by atoms with van der Waals surface area (Å²) in [7, 11) is 0. The summed E-state index contributed by atoms with van der Waals surface area (Å²) in [6, 6.07) is 7.54. The minimum atomic E-state index is -0.249. The molecule has 1 aromatic carbocycles. The van der Waals surface area contributed by atoms with Crippen molar-refractivity contribution >= 4 is 41.8 Å². The number of halogens is 1. The van der Waals surface area contributed by atoms with Gasteiger partial charge in [-0.3, -0.25) is 9.59 Å². The number of rotatable bonds is 6. The van der Waals surface area contributed by atoms with Gasteiger partial charge in [0.25, 0.3) is 11.8 Å². The number of ether oxygens (including phenoxy) is 1. The van der Waals surface area contributed by atoms with E-state index < -0.39 is 0 Å². The maximum atomic E-state index is 12.5. The number of nitrogens with one attached hydrogen (secondary N) is 2. The molecule has 2 aliphatic rings. The van der Waals surface area contributed by atoms with Gasteiger partial charge in [0, 0.05) is 51.4 Å². The Balaban J connectivity index is 0.00000341. The third-order valence-corrected chi connectivity index (χ3v) is 5.40. The number of benzene rings is 1. The Morgan fingerprint density at radius 2 is 1.68 bits per heavy atom. The molecule has 31 heavy (non-hydrogen) atoms. The molecule has 0 aromatic heterocycles. The van der Waals surface area contributed by atoms with E-state index in [0.717, 1.165) is 44.0 Å². The first-order valence-electron chi connectivity index (χ1n) is 10.9. The van der Waals surface area contributed by atoms with Gasteiger partial charge in [0.2, 0.25) is 0 Å². The fraction of sp³-hybridized carbons (Fsp3) is 0.591. The van der Waals surface area contributed by atoms with Gasteiger partial charge in [-0.15, -0.1) is 24.0 Å². The average Bonchev–Trinajstić information content (AvgIpc) is 3.32. The SMILES string of the molecule is CCNC(=O)c1ccc(CN=C(NCC)N2CCN(C(=O)C3CCCO3)CC2)cc1.I. The molecule has 9 heteroatoms. The van der Waals surface area contributed by atoms with Crippen LogP contribution in [-0.2, 0) is 16.1 Å². The number of piperazine rings is 1. The van der Waals surface area contributed by atoms with E-state index in [1.807, 2.05) is 43.0 Å². The molecule has 0 radical (unpaired) electrons. The lowest BCUT2D eigenvalue weighted by Gasteiger charge is -2.37.